The molecule has 1 N–H and O–H groups in total. The molecule has 1 aliphatic heterocycles. The van der Waals surface area contributed by atoms with E-state index in [1.54, 1.807) is 12.3 Å². The fourth-order valence-corrected chi connectivity index (χ4v) is 1.24. The van der Waals surface area contributed by atoms with Crippen LogP contribution in [0.1, 0.15) is 15.9 Å². The van der Waals surface area contributed by atoms with Crippen LogP contribution >= 0.6 is 0 Å². The summed E-state index contributed by atoms with van der Waals surface area (Å²) in [5, 5.41) is 9.82. The lowest BCUT2D eigenvalue weighted by Gasteiger charge is -2.36. The number of aliphatic hydroxyl groups is 1. The van der Waals surface area contributed by atoms with E-state index in [9.17, 15) is 9.90 Å². The minimum absolute atomic E-state index is 0.275. The first kappa shape index (κ1) is 8.34. The number of carbonyl (C=O) groups excluding carboxylic acids is 1. The van der Waals surface area contributed by atoms with Gasteiger partial charge in [0.25, 0.3) is 0 Å². The molecular formula is C9H9NO3. The summed E-state index contributed by atoms with van der Waals surface area (Å²) in [5.74, 6) is 0. The lowest BCUT2D eigenvalue weighted by atomic mass is 9.93. The third-order valence-electron chi connectivity index (χ3n) is 2.11. The smallest absolute Gasteiger partial charge is 0.151 e. The summed E-state index contributed by atoms with van der Waals surface area (Å²) in [6.07, 6.45) is 3.72. The van der Waals surface area contributed by atoms with Gasteiger partial charge >= 0.3 is 0 Å². The van der Waals surface area contributed by atoms with E-state index in [4.69, 9.17) is 4.74 Å². The number of hydrogen-bond acceptors (Lipinski definition) is 4. The van der Waals surface area contributed by atoms with Gasteiger partial charge in [0.2, 0.25) is 0 Å². The number of hydrogen-bond donors (Lipinski definition) is 1. The van der Waals surface area contributed by atoms with Crippen molar-refractivity contribution in [3.63, 3.8) is 0 Å². The Morgan fingerprint density at radius 1 is 1.54 bits per heavy atom. The molecule has 1 aromatic rings. The number of carbonyl (C=O) groups is 1. The summed E-state index contributed by atoms with van der Waals surface area (Å²) >= 11 is 0. The highest BCUT2D eigenvalue weighted by atomic mass is 16.5. The molecule has 0 saturated carbocycles. The van der Waals surface area contributed by atoms with Crippen LogP contribution in [0.25, 0.3) is 0 Å². The summed E-state index contributed by atoms with van der Waals surface area (Å²) in [5.41, 5.74) is 0.174. The van der Waals surface area contributed by atoms with Crippen molar-refractivity contribution in [3.8, 4) is 0 Å². The zero-order chi connectivity index (χ0) is 9.31. The van der Waals surface area contributed by atoms with Crippen molar-refractivity contribution in [2.24, 2.45) is 0 Å². The fraction of sp³-hybridized carbons (Fsp3) is 0.333. The van der Waals surface area contributed by atoms with Crippen molar-refractivity contribution < 1.29 is 14.6 Å². The van der Waals surface area contributed by atoms with Gasteiger partial charge in [-0.3, -0.25) is 9.78 Å². The van der Waals surface area contributed by atoms with Gasteiger partial charge in [-0.05, 0) is 6.07 Å². The molecule has 0 aromatic carbocycles. The topological polar surface area (TPSA) is 59.4 Å². The number of aromatic nitrogens is 1. The Morgan fingerprint density at radius 2 is 2.31 bits per heavy atom. The van der Waals surface area contributed by atoms with Crippen LogP contribution in [0.3, 0.4) is 0 Å². The molecule has 1 aromatic heterocycles. The third-order valence-corrected chi connectivity index (χ3v) is 2.11. The number of pyridine rings is 1. The molecule has 13 heavy (non-hydrogen) atoms. The molecule has 2 heterocycles. The van der Waals surface area contributed by atoms with Gasteiger partial charge in [-0.25, -0.2) is 0 Å². The van der Waals surface area contributed by atoms with Crippen molar-refractivity contribution >= 4 is 6.29 Å². The highest BCUT2D eigenvalue weighted by Gasteiger charge is 2.38. The first-order chi connectivity index (χ1) is 6.24. The molecule has 68 valence electrons. The van der Waals surface area contributed by atoms with Gasteiger partial charge in [0, 0.05) is 23.5 Å². The molecule has 0 atom stereocenters. The summed E-state index contributed by atoms with van der Waals surface area (Å²) in [6, 6.07) is 1.63. The molecule has 1 saturated heterocycles. The third kappa shape index (κ3) is 1.34. The van der Waals surface area contributed by atoms with E-state index in [1.807, 2.05) is 0 Å². The second-order valence-electron chi connectivity index (χ2n) is 3.15. The van der Waals surface area contributed by atoms with E-state index in [0.29, 0.717) is 17.4 Å². The highest BCUT2D eigenvalue weighted by molar-refractivity contribution is 5.74. The summed E-state index contributed by atoms with van der Waals surface area (Å²) in [7, 11) is 0. The normalized spacial score (nSPS) is 19.2. The lowest BCUT2D eigenvalue weighted by molar-refractivity contribution is -0.184. The average molecular weight is 179 g/mol. The summed E-state index contributed by atoms with van der Waals surface area (Å²) in [6.45, 7) is 0.550. The van der Waals surface area contributed by atoms with Crippen molar-refractivity contribution in [2.75, 3.05) is 13.2 Å². The molecule has 1 fully saturated rings. The van der Waals surface area contributed by atoms with Crippen LogP contribution in [0, 0.1) is 0 Å². The predicted molar refractivity (Wildman–Crippen MR) is 44.3 cm³/mol. The van der Waals surface area contributed by atoms with Gasteiger partial charge in [-0.1, -0.05) is 0 Å². The van der Waals surface area contributed by atoms with Crippen molar-refractivity contribution in [3.05, 3.63) is 29.6 Å². The summed E-state index contributed by atoms with van der Waals surface area (Å²) in [4.78, 5) is 14.3. The minimum Gasteiger partial charge on any atom is -0.380 e. The molecule has 0 aliphatic carbocycles. The predicted octanol–water partition coefficient (Wildman–Crippen LogP) is 0.112. The first-order valence-corrected chi connectivity index (χ1v) is 3.95. The van der Waals surface area contributed by atoms with Gasteiger partial charge in [0.1, 0.15) is 5.60 Å². The zero-order valence-electron chi connectivity index (χ0n) is 6.93. The van der Waals surface area contributed by atoms with Crippen LogP contribution in [0.15, 0.2) is 18.5 Å². The van der Waals surface area contributed by atoms with Gasteiger partial charge in [-0.15, -0.1) is 0 Å². The maximum Gasteiger partial charge on any atom is 0.151 e. The van der Waals surface area contributed by atoms with E-state index in [2.05, 4.69) is 4.98 Å². The van der Waals surface area contributed by atoms with Crippen molar-refractivity contribution in [1.29, 1.82) is 0 Å². The molecule has 0 bridgehead atoms. The van der Waals surface area contributed by atoms with Crippen molar-refractivity contribution in [1.82, 2.24) is 4.98 Å². The van der Waals surface area contributed by atoms with Crippen LogP contribution in [-0.2, 0) is 10.3 Å². The van der Waals surface area contributed by atoms with E-state index in [-0.39, 0.29) is 13.2 Å². The number of aldehydes is 1. The highest BCUT2D eigenvalue weighted by Crippen LogP contribution is 2.28. The Labute approximate surface area is 75.2 Å². The SMILES string of the molecule is O=Cc1cncc(C2(O)COC2)c1. The standard InChI is InChI=1S/C9H9NO3/c11-4-7-1-8(3-10-2-7)9(12)5-13-6-9/h1-4,12H,5-6H2. The number of rotatable bonds is 2. The molecule has 4 heteroatoms. The van der Waals surface area contributed by atoms with Gasteiger partial charge in [0.15, 0.2) is 6.29 Å². The van der Waals surface area contributed by atoms with Crippen LogP contribution in [0.5, 0.6) is 0 Å². The number of nitrogens with zero attached hydrogens (tertiary/aromatic N) is 1. The average Bonchev–Trinajstić information content (AvgIpc) is 2.14. The van der Waals surface area contributed by atoms with Crippen molar-refractivity contribution in [2.45, 2.75) is 5.60 Å². The molecular weight excluding hydrogens is 170 g/mol. The maximum absolute atomic E-state index is 10.4. The minimum atomic E-state index is -0.938. The van der Waals surface area contributed by atoms with E-state index < -0.39 is 5.60 Å². The fourth-order valence-electron chi connectivity index (χ4n) is 1.24. The van der Waals surface area contributed by atoms with Crippen LogP contribution < -0.4 is 0 Å². The van der Waals surface area contributed by atoms with Gasteiger partial charge in [0.05, 0.1) is 13.2 Å². The molecule has 0 unspecified atom stereocenters. The zero-order valence-corrected chi connectivity index (χ0v) is 6.93. The largest absolute Gasteiger partial charge is 0.380 e. The number of ether oxygens (including phenoxy) is 1. The first-order valence-electron chi connectivity index (χ1n) is 3.95. The molecule has 1 aliphatic rings. The molecule has 0 radical (unpaired) electrons. The second-order valence-corrected chi connectivity index (χ2v) is 3.15. The van der Waals surface area contributed by atoms with Crippen LogP contribution in [-0.4, -0.2) is 29.6 Å². The van der Waals surface area contributed by atoms with Gasteiger partial charge in [-0.2, -0.15) is 0 Å². The van der Waals surface area contributed by atoms with Crippen LogP contribution in [0.2, 0.25) is 0 Å². The Morgan fingerprint density at radius 3 is 2.85 bits per heavy atom. The maximum atomic E-state index is 10.4. The molecule has 0 amide bonds. The van der Waals surface area contributed by atoms with E-state index in [0.717, 1.165) is 0 Å². The summed E-state index contributed by atoms with van der Waals surface area (Å²) < 4.78 is 4.90. The Balaban J connectivity index is 2.34. The molecule has 4 nitrogen and oxygen atoms in total. The van der Waals surface area contributed by atoms with Gasteiger partial charge < -0.3 is 9.84 Å². The van der Waals surface area contributed by atoms with E-state index in [1.165, 1.54) is 6.20 Å². The second kappa shape index (κ2) is 2.90. The quantitative estimate of drug-likeness (QED) is 0.655. The molecule has 2 rings (SSSR count). The van der Waals surface area contributed by atoms with Crippen LogP contribution in [0.4, 0.5) is 0 Å². The lowest BCUT2D eigenvalue weighted by Crippen LogP contribution is -2.46. The Hall–Kier alpha value is -1.26. The Kier molecular flexibility index (Phi) is 1.86. The molecule has 0 spiro atoms. The van der Waals surface area contributed by atoms with E-state index >= 15 is 0 Å². The monoisotopic (exact) mass is 179 g/mol. The Bertz CT molecular complexity index is 333.